The number of hydrogen-bond donors (Lipinski definition) is 0. The Hall–Kier alpha value is -0.0400. The van der Waals surface area contributed by atoms with Crippen LogP contribution in [0.1, 0.15) is 52.9 Å². The molecular weight excluding hydrogens is 146 g/mol. The SMILES string of the molecule is CCCCN(CCC)CCCC. The smallest absolute Gasteiger partial charge is 0.00188 e. The average molecular weight is 171 g/mol. The molecule has 0 radical (unpaired) electrons. The van der Waals surface area contributed by atoms with Gasteiger partial charge in [-0.2, -0.15) is 0 Å². The van der Waals surface area contributed by atoms with Gasteiger partial charge < -0.3 is 4.90 Å². The fourth-order valence-electron chi connectivity index (χ4n) is 1.42. The van der Waals surface area contributed by atoms with Gasteiger partial charge in [-0.1, -0.05) is 33.6 Å². The van der Waals surface area contributed by atoms with Crippen LogP contribution in [0, 0.1) is 0 Å². The van der Waals surface area contributed by atoms with E-state index in [9.17, 15) is 0 Å². The highest BCUT2D eigenvalue weighted by Gasteiger charge is 2.00. The molecule has 0 saturated heterocycles. The normalized spacial score (nSPS) is 11.0. The Morgan fingerprint density at radius 3 is 1.50 bits per heavy atom. The van der Waals surface area contributed by atoms with Crippen LogP contribution < -0.4 is 0 Å². The molecule has 1 nitrogen and oxygen atoms in total. The molecular formula is C11H25N. The Balaban J connectivity index is 3.40. The second kappa shape index (κ2) is 9.05. The zero-order valence-corrected chi connectivity index (χ0v) is 9.10. The van der Waals surface area contributed by atoms with Crippen molar-refractivity contribution >= 4 is 0 Å². The lowest BCUT2D eigenvalue weighted by Crippen LogP contribution is -2.26. The van der Waals surface area contributed by atoms with Gasteiger partial charge in [-0.3, -0.25) is 0 Å². The molecule has 0 fully saturated rings. The van der Waals surface area contributed by atoms with Crippen molar-refractivity contribution in [3.63, 3.8) is 0 Å². The summed E-state index contributed by atoms with van der Waals surface area (Å²) >= 11 is 0. The molecule has 0 aromatic carbocycles. The zero-order valence-electron chi connectivity index (χ0n) is 9.10. The molecule has 0 heterocycles. The number of rotatable bonds is 8. The molecule has 0 rings (SSSR count). The molecule has 0 spiro atoms. The molecule has 74 valence electrons. The van der Waals surface area contributed by atoms with Gasteiger partial charge in [0.15, 0.2) is 0 Å². The average Bonchev–Trinajstić information content (AvgIpc) is 2.10. The van der Waals surface area contributed by atoms with Crippen molar-refractivity contribution in [1.29, 1.82) is 0 Å². The van der Waals surface area contributed by atoms with E-state index < -0.39 is 0 Å². The monoisotopic (exact) mass is 171 g/mol. The minimum Gasteiger partial charge on any atom is -0.303 e. The van der Waals surface area contributed by atoms with Gasteiger partial charge >= 0.3 is 0 Å². The van der Waals surface area contributed by atoms with Gasteiger partial charge in [0.25, 0.3) is 0 Å². The third-order valence-electron chi connectivity index (χ3n) is 2.20. The van der Waals surface area contributed by atoms with Gasteiger partial charge in [0.05, 0.1) is 0 Å². The molecule has 0 N–H and O–H groups in total. The second-order valence-electron chi connectivity index (χ2n) is 3.55. The van der Waals surface area contributed by atoms with E-state index in [2.05, 4.69) is 25.7 Å². The topological polar surface area (TPSA) is 3.24 Å². The number of hydrogen-bond acceptors (Lipinski definition) is 1. The minimum atomic E-state index is 1.29. The van der Waals surface area contributed by atoms with Crippen molar-refractivity contribution in [2.24, 2.45) is 0 Å². The highest BCUT2D eigenvalue weighted by Crippen LogP contribution is 1.99. The lowest BCUT2D eigenvalue weighted by atomic mass is 10.2. The molecule has 0 aliphatic heterocycles. The molecule has 0 aromatic rings. The van der Waals surface area contributed by atoms with E-state index in [0.717, 1.165) is 0 Å². The summed E-state index contributed by atoms with van der Waals surface area (Å²) in [5, 5.41) is 0. The van der Waals surface area contributed by atoms with E-state index in [1.54, 1.807) is 0 Å². The van der Waals surface area contributed by atoms with Crippen molar-refractivity contribution < 1.29 is 0 Å². The van der Waals surface area contributed by atoms with E-state index in [1.807, 2.05) is 0 Å². The van der Waals surface area contributed by atoms with Crippen LogP contribution in [0.3, 0.4) is 0 Å². The molecule has 0 aromatic heterocycles. The van der Waals surface area contributed by atoms with Crippen LogP contribution in [-0.4, -0.2) is 24.5 Å². The maximum atomic E-state index is 2.60. The van der Waals surface area contributed by atoms with Crippen LogP contribution in [0.25, 0.3) is 0 Å². The summed E-state index contributed by atoms with van der Waals surface area (Å²) in [6, 6.07) is 0. The molecule has 0 aliphatic rings. The number of unbranched alkanes of at least 4 members (excludes halogenated alkanes) is 2. The third-order valence-corrected chi connectivity index (χ3v) is 2.20. The molecule has 0 bridgehead atoms. The summed E-state index contributed by atoms with van der Waals surface area (Å²) in [5.41, 5.74) is 0. The maximum absolute atomic E-state index is 2.60. The Bertz CT molecular complexity index is 73.1. The quantitative estimate of drug-likeness (QED) is 0.541. The Morgan fingerprint density at radius 2 is 1.17 bits per heavy atom. The van der Waals surface area contributed by atoms with Crippen LogP contribution >= 0.6 is 0 Å². The van der Waals surface area contributed by atoms with Crippen molar-refractivity contribution in [3.8, 4) is 0 Å². The van der Waals surface area contributed by atoms with Gasteiger partial charge in [-0.05, 0) is 38.9 Å². The van der Waals surface area contributed by atoms with E-state index in [1.165, 1.54) is 51.7 Å². The predicted octanol–water partition coefficient (Wildman–Crippen LogP) is 3.30. The van der Waals surface area contributed by atoms with Crippen molar-refractivity contribution in [1.82, 2.24) is 4.90 Å². The van der Waals surface area contributed by atoms with Gasteiger partial charge in [0, 0.05) is 0 Å². The first-order valence-corrected chi connectivity index (χ1v) is 5.57. The Labute approximate surface area is 78.1 Å². The molecule has 0 saturated carbocycles. The summed E-state index contributed by atoms with van der Waals surface area (Å²) in [4.78, 5) is 2.60. The lowest BCUT2D eigenvalue weighted by molar-refractivity contribution is 0.266. The summed E-state index contributed by atoms with van der Waals surface area (Å²) in [6.07, 6.45) is 6.68. The zero-order chi connectivity index (χ0) is 9.23. The molecule has 0 atom stereocenters. The second-order valence-corrected chi connectivity index (χ2v) is 3.55. The molecule has 0 unspecified atom stereocenters. The first-order chi connectivity index (χ1) is 5.85. The van der Waals surface area contributed by atoms with Crippen LogP contribution in [0.15, 0.2) is 0 Å². The van der Waals surface area contributed by atoms with Crippen LogP contribution in [0.2, 0.25) is 0 Å². The third kappa shape index (κ3) is 6.66. The van der Waals surface area contributed by atoms with E-state index >= 15 is 0 Å². The summed E-state index contributed by atoms with van der Waals surface area (Å²) in [7, 11) is 0. The van der Waals surface area contributed by atoms with Crippen LogP contribution in [0.4, 0.5) is 0 Å². The van der Waals surface area contributed by atoms with Gasteiger partial charge in [0.2, 0.25) is 0 Å². The summed E-state index contributed by atoms with van der Waals surface area (Å²) in [6.45, 7) is 10.7. The summed E-state index contributed by atoms with van der Waals surface area (Å²) < 4.78 is 0. The Morgan fingerprint density at radius 1 is 0.667 bits per heavy atom. The minimum absolute atomic E-state index is 1.29. The van der Waals surface area contributed by atoms with E-state index in [4.69, 9.17) is 0 Å². The molecule has 1 heteroatoms. The Kier molecular flexibility index (Phi) is 9.02. The maximum Gasteiger partial charge on any atom is -0.00188 e. The first-order valence-electron chi connectivity index (χ1n) is 5.57. The lowest BCUT2D eigenvalue weighted by Gasteiger charge is -2.20. The largest absolute Gasteiger partial charge is 0.303 e. The molecule has 0 amide bonds. The fraction of sp³-hybridized carbons (Fsp3) is 1.00. The van der Waals surface area contributed by atoms with Gasteiger partial charge in [-0.15, -0.1) is 0 Å². The van der Waals surface area contributed by atoms with Crippen LogP contribution in [-0.2, 0) is 0 Å². The van der Waals surface area contributed by atoms with Gasteiger partial charge in [0.1, 0.15) is 0 Å². The molecule has 0 aliphatic carbocycles. The van der Waals surface area contributed by atoms with Crippen molar-refractivity contribution in [3.05, 3.63) is 0 Å². The van der Waals surface area contributed by atoms with E-state index in [0.29, 0.717) is 0 Å². The standard InChI is InChI=1S/C11H25N/c1-4-7-10-12(9-6-3)11-8-5-2/h4-11H2,1-3H3. The molecule has 12 heavy (non-hydrogen) atoms. The highest BCUT2D eigenvalue weighted by atomic mass is 15.1. The van der Waals surface area contributed by atoms with Crippen molar-refractivity contribution in [2.75, 3.05) is 19.6 Å². The van der Waals surface area contributed by atoms with Crippen molar-refractivity contribution in [2.45, 2.75) is 52.9 Å². The summed E-state index contributed by atoms with van der Waals surface area (Å²) in [5.74, 6) is 0. The predicted molar refractivity (Wildman–Crippen MR) is 56.5 cm³/mol. The highest BCUT2D eigenvalue weighted by molar-refractivity contribution is 4.56. The number of nitrogens with zero attached hydrogens (tertiary/aromatic N) is 1. The first kappa shape index (κ1) is 12.0. The fourth-order valence-corrected chi connectivity index (χ4v) is 1.42. The van der Waals surface area contributed by atoms with Gasteiger partial charge in [-0.25, -0.2) is 0 Å². The van der Waals surface area contributed by atoms with Crippen LogP contribution in [0.5, 0.6) is 0 Å². The van der Waals surface area contributed by atoms with E-state index in [-0.39, 0.29) is 0 Å².